The molecule has 1 fully saturated rings. The van der Waals surface area contributed by atoms with Gasteiger partial charge in [-0.1, -0.05) is 37.1 Å². The quantitative estimate of drug-likeness (QED) is 0.658. The van der Waals surface area contributed by atoms with Crippen molar-refractivity contribution in [2.45, 2.75) is 38.0 Å². The van der Waals surface area contributed by atoms with E-state index in [0.29, 0.717) is 5.38 Å². The van der Waals surface area contributed by atoms with Crippen LogP contribution >= 0.6 is 11.6 Å². The molecule has 0 N–H and O–H groups in total. The largest absolute Gasteiger partial charge is 0.123 e. The SMILES string of the molecule is Cc1ccccc1CC(Cl)CC1CC1. The highest BCUT2D eigenvalue weighted by Gasteiger charge is 2.24. The summed E-state index contributed by atoms with van der Waals surface area (Å²) in [6.07, 6.45) is 5.04. The van der Waals surface area contributed by atoms with Crippen LogP contribution in [-0.2, 0) is 6.42 Å². The van der Waals surface area contributed by atoms with E-state index >= 15 is 0 Å². The van der Waals surface area contributed by atoms with Crippen LogP contribution in [0.2, 0.25) is 0 Å². The van der Waals surface area contributed by atoms with Gasteiger partial charge in [0.05, 0.1) is 0 Å². The number of halogens is 1. The Labute approximate surface area is 91.3 Å². The lowest BCUT2D eigenvalue weighted by Gasteiger charge is -2.10. The Hall–Kier alpha value is -0.490. The number of alkyl halides is 1. The molecular weight excluding hydrogens is 192 g/mol. The van der Waals surface area contributed by atoms with Gasteiger partial charge in [0.25, 0.3) is 0 Å². The Morgan fingerprint density at radius 1 is 1.36 bits per heavy atom. The molecule has 0 aromatic heterocycles. The Bertz CT molecular complexity index is 302. The van der Waals surface area contributed by atoms with Crippen molar-refractivity contribution in [3.05, 3.63) is 35.4 Å². The fourth-order valence-electron chi connectivity index (χ4n) is 1.88. The molecule has 1 heteroatoms. The fourth-order valence-corrected chi connectivity index (χ4v) is 2.29. The van der Waals surface area contributed by atoms with Gasteiger partial charge < -0.3 is 0 Å². The monoisotopic (exact) mass is 208 g/mol. The van der Waals surface area contributed by atoms with Crippen LogP contribution in [0.15, 0.2) is 24.3 Å². The highest BCUT2D eigenvalue weighted by atomic mass is 35.5. The summed E-state index contributed by atoms with van der Waals surface area (Å²) >= 11 is 6.32. The molecule has 0 heterocycles. The molecule has 0 bridgehead atoms. The molecule has 1 saturated carbocycles. The number of hydrogen-bond acceptors (Lipinski definition) is 0. The summed E-state index contributed by atoms with van der Waals surface area (Å²) in [5, 5.41) is 0.337. The van der Waals surface area contributed by atoms with Gasteiger partial charge in [0.15, 0.2) is 0 Å². The van der Waals surface area contributed by atoms with E-state index in [2.05, 4.69) is 31.2 Å². The average molecular weight is 209 g/mol. The van der Waals surface area contributed by atoms with Crippen molar-refractivity contribution in [3.63, 3.8) is 0 Å². The lowest BCUT2D eigenvalue weighted by atomic mass is 10.0. The summed E-state index contributed by atoms with van der Waals surface area (Å²) in [4.78, 5) is 0. The van der Waals surface area contributed by atoms with E-state index in [1.54, 1.807) is 0 Å². The van der Waals surface area contributed by atoms with E-state index in [4.69, 9.17) is 11.6 Å². The van der Waals surface area contributed by atoms with Crippen LogP contribution < -0.4 is 0 Å². The smallest absolute Gasteiger partial charge is 0.0379 e. The second kappa shape index (κ2) is 4.35. The van der Waals surface area contributed by atoms with E-state index in [0.717, 1.165) is 12.3 Å². The maximum Gasteiger partial charge on any atom is 0.0379 e. The molecule has 0 aliphatic heterocycles. The summed E-state index contributed by atoms with van der Waals surface area (Å²) in [6.45, 7) is 2.16. The van der Waals surface area contributed by atoms with Gasteiger partial charge in [-0.2, -0.15) is 0 Å². The van der Waals surface area contributed by atoms with Gasteiger partial charge >= 0.3 is 0 Å². The van der Waals surface area contributed by atoms with Crippen LogP contribution in [-0.4, -0.2) is 5.38 Å². The van der Waals surface area contributed by atoms with Crippen LogP contribution in [0.25, 0.3) is 0 Å². The molecule has 0 saturated heterocycles. The van der Waals surface area contributed by atoms with Crippen molar-refractivity contribution >= 4 is 11.6 Å². The molecule has 1 aromatic carbocycles. The Morgan fingerprint density at radius 3 is 2.71 bits per heavy atom. The average Bonchev–Trinajstić information content (AvgIpc) is 2.93. The van der Waals surface area contributed by atoms with Gasteiger partial charge in [0.1, 0.15) is 0 Å². The number of benzene rings is 1. The van der Waals surface area contributed by atoms with E-state index in [9.17, 15) is 0 Å². The number of aryl methyl sites for hydroxylation is 1. The minimum Gasteiger partial charge on any atom is -0.123 e. The molecular formula is C13H17Cl. The van der Waals surface area contributed by atoms with E-state index < -0.39 is 0 Å². The van der Waals surface area contributed by atoms with Gasteiger partial charge in [-0.3, -0.25) is 0 Å². The van der Waals surface area contributed by atoms with Gasteiger partial charge in [-0.25, -0.2) is 0 Å². The number of hydrogen-bond donors (Lipinski definition) is 0. The van der Waals surface area contributed by atoms with Crippen molar-refractivity contribution in [1.82, 2.24) is 0 Å². The zero-order valence-electron chi connectivity index (χ0n) is 8.67. The molecule has 1 aliphatic rings. The molecule has 0 radical (unpaired) electrons. The van der Waals surface area contributed by atoms with E-state index in [-0.39, 0.29) is 0 Å². The highest BCUT2D eigenvalue weighted by Crippen LogP contribution is 2.35. The van der Waals surface area contributed by atoms with E-state index in [1.165, 1.54) is 30.4 Å². The van der Waals surface area contributed by atoms with Crippen molar-refractivity contribution in [2.75, 3.05) is 0 Å². The standard InChI is InChI=1S/C13H17Cl/c1-10-4-2-3-5-12(10)9-13(14)8-11-6-7-11/h2-5,11,13H,6-9H2,1H3. The van der Waals surface area contributed by atoms with Crippen molar-refractivity contribution < 1.29 is 0 Å². The maximum absolute atomic E-state index is 6.32. The minimum absolute atomic E-state index is 0.337. The normalized spacial score (nSPS) is 18.1. The fraction of sp³-hybridized carbons (Fsp3) is 0.538. The summed E-state index contributed by atoms with van der Waals surface area (Å²) in [6, 6.07) is 8.54. The molecule has 1 unspecified atom stereocenters. The molecule has 76 valence electrons. The lowest BCUT2D eigenvalue weighted by Crippen LogP contribution is -2.05. The third kappa shape index (κ3) is 2.75. The third-order valence-corrected chi connectivity index (χ3v) is 3.32. The molecule has 1 aromatic rings. The van der Waals surface area contributed by atoms with Crippen LogP contribution in [0.5, 0.6) is 0 Å². The minimum atomic E-state index is 0.337. The molecule has 0 nitrogen and oxygen atoms in total. The lowest BCUT2D eigenvalue weighted by molar-refractivity contribution is 0.673. The van der Waals surface area contributed by atoms with Gasteiger partial charge in [-0.15, -0.1) is 11.6 Å². The zero-order valence-corrected chi connectivity index (χ0v) is 9.43. The summed E-state index contributed by atoms with van der Waals surface area (Å²) in [7, 11) is 0. The Morgan fingerprint density at radius 2 is 2.07 bits per heavy atom. The topological polar surface area (TPSA) is 0 Å². The molecule has 0 spiro atoms. The highest BCUT2D eigenvalue weighted by molar-refractivity contribution is 6.20. The van der Waals surface area contributed by atoms with E-state index in [1.807, 2.05) is 0 Å². The first-order chi connectivity index (χ1) is 6.75. The maximum atomic E-state index is 6.32. The molecule has 2 rings (SSSR count). The molecule has 1 aliphatic carbocycles. The van der Waals surface area contributed by atoms with Crippen LogP contribution in [0.3, 0.4) is 0 Å². The predicted molar refractivity (Wildman–Crippen MR) is 61.9 cm³/mol. The summed E-state index contributed by atoms with van der Waals surface area (Å²) in [5.74, 6) is 0.932. The Kier molecular flexibility index (Phi) is 3.12. The van der Waals surface area contributed by atoms with Gasteiger partial charge in [0.2, 0.25) is 0 Å². The van der Waals surface area contributed by atoms with Crippen LogP contribution in [0.4, 0.5) is 0 Å². The summed E-state index contributed by atoms with van der Waals surface area (Å²) in [5.41, 5.74) is 2.78. The second-order valence-electron chi connectivity index (χ2n) is 4.41. The molecule has 0 amide bonds. The van der Waals surface area contributed by atoms with Crippen molar-refractivity contribution in [3.8, 4) is 0 Å². The first kappa shape index (κ1) is 10.0. The van der Waals surface area contributed by atoms with Crippen molar-refractivity contribution in [1.29, 1.82) is 0 Å². The van der Waals surface area contributed by atoms with Crippen molar-refractivity contribution in [2.24, 2.45) is 5.92 Å². The summed E-state index contributed by atoms with van der Waals surface area (Å²) < 4.78 is 0. The van der Waals surface area contributed by atoms with Crippen LogP contribution in [0, 0.1) is 12.8 Å². The molecule has 1 atom stereocenters. The van der Waals surface area contributed by atoms with Gasteiger partial charge in [0, 0.05) is 5.38 Å². The first-order valence-corrected chi connectivity index (χ1v) is 5.88. The van der Waals surface area contributed by atoms with Gasteiger partial charge in [-0.05, 0) is 36.8 Å². The molecule has 14 heavy (non-hydrogen) atoms. The predicted octanol–water partition coefficient (Wildman–Crippen LogP) is 3.95. The number of rotatable bonds is 4. The Balaban J connectivity index is 1.91. The second-order valence-corrected chi connectivity index (χ2v) is 5.02. The van der Waals surface area contributed by atoms with Crippen LogP contribution in [0.1, 0.15) is 30.4 Å². The zero-order chi connectivity index (χ0) is 9.97. The third-order valence-electron chi connectivity index (χ3n) is 2.99. The first-order valence-electron chi connectivity index (χ1n) is 5.44.